The number of rotatable bonds is 3. The standard InChI is InChI=1S/C17H11N3OS2/c21-16-14(11-13-7-4-10-22-13)23-17-18-15(19-20(16)17)9-8-12-5-2-1-3-6-12/h1-11H. The maximum atomic E-state index is 12.4. The van der Waals surface area contributed by atoms with Crippen molar-refractivity contribution in [2.75, 3.05) is 0 Å². The molecule has 0 atom stereocenters. The van der Waals surface area contributed by atoms with Crippen LogP contribution in [0.3, 0.4) is 0 Å². The lowest BCUT2D eigenvalue weighted by atomic mass is 10.2. The molecule has 0 aliphatic carbocycles. The summed E-state index contributed by atoms with van der Waals surface area (Å²) in [6.07, 6.45) is 5.63. The van der Waals surface area contributed by atoms with Crippen molar-refractivity contribution < 1.29 is 0 Å². The van der Waals surface area contributed by atoms with E-state index in [0.717, 1.165) is 10.4 Å². The molecule has 0 N–H and O–H groups in total. The second kappa shape index (κ2) is 5.91. The molecule has 0 radical (unpaired) electrons. The van der Waals surface area contributed by atoms with E-state index >= 15 is 0 Å². The highest BCUT2D eigenvalue weighted by molar-refractivity contribution is 7.15. The topological polar surface area (TPSA) is 47.3 Å². The van der Waals surface area contributed by atoms with Crippen molar-refractivity contribution >= 4 is 45.9 Å². The fraction of sp³-hybridized carbons (Fsp3) is 0. The normalized spacial score (nSPS) is 12.6. The summed E-state index contributed by atoms with van der Waals surface area (Å²) in [5.74, 6) is 0.542. The van der Waals surface area contributed by atoms with Gasteiger partial charge in [0.25, 0.3) is 5.56 Å². The Balaban J connectivity index is 1.71. The fourth-order valence-electron chi connectivity index (χ4n) is 2.16. The molecule has 1 aromatic carbocycles. The van der Waals surface area contributed by atoms with Gasteiger partial charge in [0.15, 0.2) is 5.82 Å². The summed E-state index contributed by atoms with van der Waals surface area (Å²) in [6, 6.07) is 13.9. The van der Waals surface area contributed by atoms with Gasteiger partial charge in [-0.25, -0.2) is 0 Å². The molecule has 23 heavy (non-hydrogen) atoms. The first-order chi connectivity index (χ1) is 11.3. The van der Waals surface area contributed by atoms with Crippen LogP contribution in [-0.2, 0) is 0 Å². The SMILES string of the molecule is O=c1c(=Cc2cccs2)sc2nc(C=Cc3ccccc3)nn12. The minimum atomic E-state index is -0.120. The lowest BCUT2D eigenvalue weighted by Crippen LogP contribution is -2.23. The molecule has 0 bridgehead atoms. The van der Waals surface area contributed by atoms with E-state index in [1.54, 1.807) is 11.3 Å². The zero-order valence-electron chi connectivity index (χ0n) is 11.9. The Morgan fingerprint density at radius 3 is 2.65 bits per heavy atom. The molecule has 0 saturated carbocycles. The van der Waals surface area contributed by atoms with E-state index in [-0.39, 0.29) is 5.56 Å². The predicted molar refractivity (Wildman–Crippen MR) is 95.6 cm³/mol. The maximum Gasteiger partial charge on any atom is 0.291 e. The highest BCUT2D eigenvalue weighted by Crippen LogP contribution is 2.10. The molecule has 3 aromatic heterocycles. The molecule has 0 aliphatic heterocycles. The summed E-state index contributed by atoms with van der Waals surface area (Å²) in [5, 5.41) is 6.26. The van der Waals surface area contributed by atoms with Gasteiger partial charge in [0.05, 0.1) is 4.53 Å². The average Bonchev–Trinajstić information content (AvgIpc) is 3.27. The Kier molecular flexibility index (Phi) is 3.61. The van der Waals surface area contributed by atoms with Gasteiger partial charge >= 0.3 is 0 Å². The van der Waals surface area contributed by atoms with Gasteiger partial charge in [-0.1, -0.05) is 53.8 Å². The maximum absolute atomic E-state index is 12.4. The van der Waals surface area contributed by atoms with Crippen molar-refractivity contribution in [3.8, 4) is 0 Å². The second-order valence-corrected chi connectivity index (χ2v) is 6.83. The zero-order chi connectivity index (χ0) is 15.6. The van der Waals surface area contributed by atoms with Crippen molar-refractivity contribution in [1.29, 1.82) is 0 Å². The van der Waals surface area contributed by atoms with Gasteiger partial charge in [-0.05, 0) is 29.2 Å². The van der Waals surface area contributed by atoms with Crippen LogP contribution in [0.5, 0.6) is 0 Å². The van der Waals surface area contributed by atoms with Gasteiger partial charge < -0.3 is 0 Å². The van der Waals surface area contributed by atoms with Gasteiger partial charge in [0.2, 0.25) is 4.96 Å². The number of hydrogen-bond acceptors (Lipinski definition) is 5. The highest BCUT2D eigenvalue weighted by atomic mass is 32.1. The van der Waals surface area contributed by atoms with Crippen molar-refractivity contribution in [3.63, 3.8) is 0 Å². The lowest BCUT2D eigenvalue weighted by Gasteiger charge is -1.88. The summed E-state index contributed by atoms with van der Waals surface area (Å²) in [4.78, 5) is 18.4. The first-order valence-corrected chi connectivity index (χ1v) is 8.67. The van der Waals surface area contributed by atoms with Crippen LogP contribution in [0.4, 0.5) is 0 Å². The molecule has 112 valence electrons. The third kappa shape index (κ3) is 2.86. The Bertz CT molecular complexity index is 1080. The van der Waals surface area contributed by atoms with E-state index in [9.17, 15) is 4.79 Å². The second-order valence-electron chi connectivity index (χ2n) is 4.84. The molecule has 0 saturated heterocycles. The Labute approximate surface area is 139 Å². The Hall–Kier alpha value is -2.57. The number of aromatic nitrogens is 3. The van der Waals surface area contributed by atoms with Crippen molar-refractivity contribution in [1.82, 2.24) is 14.6 Å². The molecule has 0 fully saturated rings. The van der Waals surface area contributed by atoms with Crippen LogP contribution < -0.4 is 10.1 Å². The third-order valence-electron chi connectivity index (χ3n) is 3.24. The molecular formula is C17H11N3OS2. The predicted octanol–water partition coefficient (Wildman–Crippen LogP) is 2.93. The van der Waals surface area contributed by atoms with Crippen LogP contribution in [0.25, 0.3) is 23.2 Å². The van der Waals surface area contributed by atoms with Crippen molar-refractivity contribution in [3.05, 3.63) is 79.0 Å². The summed E-state index contributed by atoms with van der Waals surface area (Å²) in [6.45, 7) is 0. The van der Waals surface area contributed by atoms with E-state index in [4.69, 9.17) is 0 Å². The minimum absolute atomic E-state index is 0.120. The molecule has 0 amide bonds. The molecule has 4 nitrogen and oxygen atoms in total. The average molecular weight is 337 g/mol. The van der Waals surface area contributed by atoms with E-state index in [1.807, 2.05) is 66.1 Å². The number of thiophene rings is 1. The molecule has 3 heterocycles. The van der Waals surface area contributed by atoms with Crippen molar-refractivity contribution in [2.24, 2.45) is 0 Å². The molecule has 6 heteroatoms. The number of fused-ring (bicyclic) bond motifs is 1. The monoisotopic (exact) mass is 337 g/mol. The number of nitrogens with zero attached hydrogens (tertiary/aromatic N) is 3. The van der Waals surface area contributed by atoms with Crippen LogP contribution in [0.15, 0.2) is 52.6 Å². The number of hydrogen-bond donors (Lipinski definition) is 0. The van der Waals surface area contributed by atoms with Crippen molar-refractivity contribution in [2.45, 2.75) is 0 Å². The Morgan fingerprint density at radius 2 is 1.91 bits per heavy atom. The largest absolute Gasteiger partial charge is 0.291 e. The van der Waals surface area contributed by atoms with Gasteiger partial charge in [-0.15, -0.1) is 16.4 Å². The first kappa shape index (κ1) is 14.0. The zero-order valence-corrected chi connectivity index (χ0v) is 13.6. The van der Waals surface area contributed by atoms with Gasteiger partial charge in [0, 0.05) is 4.88 Å². The number of thiazole rings is 1. The smallest absolute Gasteiger partial charge is 0.266 e. The molecule has 4 aromatic rings. The van der Waals surface area contributed by atoms with E-state index < -0.39 is 0 Å². The summed E-state index contributed by atoms with van der Waals surface area (Å²) < 4.78 is 2.02. The van der Waals surface area contributed by atoms with Gasteiger partial charge in [-0.3, -0.25) is 4.79 Å². The first-order valence-electron chi connectivity index (χ1n) is 6.97. The molecule has 0 spiro atoms. The number of benzene rings is 1. The summed E-state index contributed by atoms with van der Waals surface area (Å²) in [5.41, 5.74) is 0.949. The quantitative estimate of drug-likeness (QED) is 0.577. The van der Waals surface area contributed by atoms with Crippen LogP contribution in [0, 0.1) is 0 Å². The van der Waals surface area contributed by atoms with Gasteiger partial charge in [0.1, 0.15) is 0 Å². The Morgan fingerprint density at radius 1 is 1.04 bits per heavy atom. The fourth-order valence-corrected chi connectivity index (χ4v) is 3.79. The van der Waals surface area contributed by atoms with Gasteiger partial charge in [-0.2, -0.15) is 9.50 Å². The summed E-state index contributed by atoms with van der Waals surface area (Å²) in [7, 11) is 0. The van der Waals surface area contributed by atoms with E-state index in [1.165, 1.54) is 15.9 Å². The highest BCUT2D eigenvalue weighted by Gasteiger charge is 2.08. The van der Waals surface area contributed by atoms with E-state index in [2.05, 4.69) is 10.1 Å². The van der Waals surface area contributed by atoms with Crippen LogP contribution >= 0.6 is 22.7 Å². The molecule has 0 unspecified atom stereocenters. The lowest BCUT2D eigenvalue weighted by molar-refractivity contribution is 0.925. The molecular weight excluding hydrogens is 326 g/mol. The van der Waals surface area contributed by atoms with E-state index in [0.29, 0.717) is 15.3 Å². The van der Waals surface area contributed by atoms with Crippen LogP contribution in [0.1, 0.15) is 16.3 Å². The van der Waals surface area contributed by atoms with Crippen LogP contribution in [0.2, 0.25) is 0 Å². The third-order valence-corrected chi connectivity index (χ3v) is 5.02. The van der Waals surface area contributed by atoms with Crippen LogP contribution in [-0.4, -0.2) is 14.6 Å². The molecule has 0 aliphatic rings. The summed E-state index contributed by atoms with van der Waals surface area (Å²) >= 11 is 2.96. The minimum Gasteiger partial charge on any atom is -0.266 e. The molecule has 4 rings (SSSR count).